The first-order chi connectivity index (χ1) is 6.77. The van der Waals surface area contributed by atoms with Crippen LogP contribution >= 0.6 is 0 Å². The van der Waals surface area contributed by atoms with Crippen LogP contribution in [0.4, 0.5) is 0 Å². The lowest BCUT2D eigenvalue weighted by molar-refractivity contribution is 0.0963. The summed E-state index contributed by atoms with van der Waals surface area (Å²) in [5.41, 5.74) is 6.73. The van der Waals surface area contributed by atoms with E-state index < -0.39 is 0 Å². The smallest absolute Gasteiger partial charge is 0.251 e. The third-order valence-electron chi connectivity index (χ3n) is 1.71. The van der Waals surface area contributed by atoms with Gasteiger partial charge in [-0.05, 0) is 24.3 Å². The fourth-order valence-corrected chi connectivity index (χ4v) is 1.00. The highest BCUT2D eigenvalue weighted by atomic mass is 16.1. The molecule has 0 fully saturated rings. The van der Waals surface area contributed by atoms with Crippen molar-refractivity contribution < 1.29 is 4.79 Å². The van der Waals surface area contributed by atoms with Gasteiger partial charge in [0.15, 0.2) is 0 Å². The second-order valence-corrected chi connectivity index (χ2v) is 2.66. The van der Waals surface area contributed by atoms with E-state index in [1.54, 1.807) is 31.3 Å². The van der Waals surface area contributed by atoms with Crippen LogP contribution in [0.5, 0.6) is 0 Å². The Labute approximate surface area is 83.3 Å². The van der Waals surface area contributed by atoms with E-state index in [1.165, 1.54) is 0 Å². The molecular weight excluding hydrogens is 176 g/mol. The van der Waals surface area contributed by atoms with Gasteiger partial charge in [0.1, 0.15) is 0 Å². The highest BCUT2D eigenvalue weighted by Gasteiger charge is 2.00. The lowest BCUT2D eigenvalue weighted by Crippen LogP contribution is -2.17. The van der Waals surface area contributed by atoms with Gasteiger partial charge >= 0.3 is 0 Å². The van der Waals surface area contributed by atoms with Crippen LogP contribution < -0.4 is 11.1 Å². The molecule has 3 N–H and O–H groups in total. The highest BCUT2D eigenvalue weighted by Crippen LogP contribution is 2.02. The second-order valence-electron chi connectivity index (χ2n) is 2.66. The maximum absolute atomic E-state index is 11.2. The lowest BCUT2D eigenvalue weighted by atomic mass is 10.1. The molecule has 0 aliphatic rings. The molecule has 1 amide bonds. The molecule has 0 heterocycles. The van der Waals surface area contributed by atoms with Crippen molar-refractivity contribution in [3.8, 4) is 11.8 Å². The number of nitrogens with one attached hydrogen (secondary N) is 1. The van der Waals surface area contributed by atoms with Crippen molar-refractivity contribution in [1.29, 1.82) is 0 Å². The van der Waals surface area contributed by atoms with Gasteiger partial charge in [-0.25, -0.2) is 0 Å². The van der Waals surface area contributed by atoms with Gasteiger partial charge in [-0.2, -0.15) is 0 Å². The molecule has 14 heavy (non-hydrogen) atoms. The number of carbonyl (C=O) groups is 1. The fraction of sp³-hybridized carbons (Fsp3) is 0.182. The van der Waals surface area contributed by atoms with Crippen LogP contribution in [0.15, 0.2) is 24.3 Å². The quantitative estimate of drug-likeness (QED) is 0.625. The maximum atomic E-state index is 11.2. The summed E-state index contributed by atoms with van der Waals surface area (Å²) in [6.07, 6.45) is 0. The summed E-state index contributed by atoms with van der Waals surface area (Å²) in [5.74, 6) is 5.53. The average Bonchev–Trinajstić information content (AvgIpc) is 2.26. The molecule has 1 rings (SSSR count). The van der Waals surface area contributed by atoms with Crippen molar-refractivity contribution in [2.45, 2.75) is 0 Å². The van der Waals surface area contributed by atoms with Crippen LogP contribution in [0.3, 0.4) is 0 Å². The van der Waals surface area contributed by atoms with Crippen molar-refractivity contribution in [3.63, 3.8) is 0 Å². The SMILES string of the molecule is CNC(=O)c1ccc(C#CCN)cc1. The van der Waals surface area contributed by atoms with Crippen molar-refractivity contribution >= 4 is 5.91 Å². The van der Waals surface area contributed by atoms with E-state index in [2.05, 4.69) is 17.2 Å². The first-order valence-electron chi connectivity index (χ1n) is 4.29. The molecule has 0 aliphatic carbocycles. The molecular formula is C11H12N2O. The molecule has 1 aromatic rings. The van der Waals surface area contributed by atoms with Crippen LogP contribution in [0, 0.1) is 11.8 Å². The molecule has 0 saturated carbocycles. The Morgan fingerprint density at radius 1 is 1.43 bits per heavy atom. The highest BCUT2D eigenvalue weighted by molar-refractivity contribution is 5.94. The number of carbonyl (C=O) groups excluding carboxylic acids is 1. The van der Waals surface area contributed by atoms with Gasteiger partial charge in [0.2, 0.25) is 0 Å². The molecule has 0 atom stereocenters. The van der Waals surface area contributed by atoms with E-state index in [0.717, 1.165) is 5.56 Å². The minimum Gasteiger partial charge on any atom is -0.355 e. The van der Waals surface area contributed by atoms with Crippen LogP contribution in [0.2, 0.25) is 0 Å². The first-order valence-corrected chi connectivity index (χ1v) is 4.29. The molecule has 0 bridgehead atoms. The largest absolute Gasteiger partial charge is 0.355 e. The van der Waals surface area contributed by atoms with E-state index >= 15 is 0 Å². The molecule has 72 valence electrons. The van der Waals surface area contributed by atoms with E-state index in [1.807, 2.05) is 0 Å². The summed E-state index contributed by atoms with van der Waals surface area (Å²) < 4.78 is 0. The molecule has 0 spiro atoms. The fourth-order valence-electron chi connectivity index (χ4n) is 1.00. The minimum atomic E-state index is -0.0941. The predicted octanol–water partition coefficient (Wildman–Crippen LogP) is 0.356. The maximum Gasteiger partial charge on any atom is 0.251 e. The van der Waals surface area contributed by atoms with Crippen LogP contribution in [-0.4, -0.2) is 19.5 Å². The Kier molecular flexibility index (Phi) is 3.71. The topological polar surface area (TPSA) is 55.1 Å². The number of hydrogen-bond acceptors (Lipinski definition) is 2. The zero-order valence-corrected chi connectivity index (χ0v) is 8.00. The van der Waals surface area contributed by atoms with Crippen molar-refractivity contribution in [2.75, 3.05) is 13.6 Å². The Morgan fingerprint density at radius 3 is 2.57 bits per heavy atom. The molecule has 0 saturated heterocycles. The number of hydrogen-bond donors (Lipinski definition) is 2. The third-order valence-corrected chi connectivity index (χ3v) is 1.71. The van der Waals surface area contributed by atoms with Gasteiger partial charge in [0.25, 0.3) is 5.91 Å². The van der Waals surface area contributed by atoms with Gasteiger partial charge in [-0.15, -0.1) is 0 Å². The molecule has 0 aliphatic heterocycles. The van der Waals surface area contributed by atoms with Crippen molar-refractivity contribution in [2.24, 2.45) is 5.73 Å². The number of rotatable bonds is 1. The monoisotopic (exact) mass is 188 g/mol. The number of nitrogens with two attached hydrogens (primary N) is 1. The third kappa shape index (κ3) is 2.61. The Morgan fingerprint density at radius 2 is 2.07 bits per heavy atom. The lowest BCUT2D eigenvalue weighted by Gasteiger charge is -1.98. The minimum absolute atomic E-state index is 0.0941. The molecule has 3 heteroatoms. The van der Waals surface area contributed by atoms with Crippen LogP contribution in [0.25, 0.3) is 0 Å². The Balaban J connectivity index is 2.83. The molecule has 3 nitrogen and oxygen atoms in total. The van der Waals surface area contributed by atoms with Crippen LogP contribution in [-0.2, 0) is 0 Å². The van der Waals surface area contributed by atoms with Crippen molar-refractivity contribution in [3.05, 3.63) is 35.4 Å². The Hall–Kier alpha value is -1.79. The van der Waals surface area contributed by atoms with E-state index in [4.69, 9.17) is 5.73 Å². The summed E-state index contributed by atoms with van der Waals surface area (Å²) in [7, 11) is 1.60. The van der Waals surface area contributed by atoms with E-state index in [-0.39, 0.29) is 5.91 Å². The first kappa shape index (κ1) is 10.3. The van der Waals surface area contributed by atoms with E-state index in [9.17, 15) is 4.79 Å². The summed E-state index contributed by atoms with van der Waals surface area (Å²) in [6.45, 7) is 0.344. The summed E-state index contributed by atoms with van der Waals surface area (Å²) in [5, 5.41) is 2.55. The van der Waals surface area contributed by atoms with Gasteiger partial charge < -0.3 is 11.1 Å². The van der Waals surface area contributed by atoms with Gasteiger partial charge in [0, 0.05) is 18.2 Å². The average molecular weight is 188 g/mol. The Bertz CT molecular complexity index is 371. The second kappa shape index (κ2) is 5.05. The summed E-state index contributed by atoms with van der Waals surface area (Å²) in [4.78, 5) is 11.2. The van der Waals surface area contributed by atoms with Gasteiger partial charge in [-0.1, -0.05) is 11.8 Å². The summed E-state index contributed by atoms with van der Waals surface area (Å²) >= 11 is 0. The standard InChI is InChI=1S/C11H12N2O/c1-13-11(14)10-6-4-9(5-7-10)3-2-8-12/h4-7H,8,12H2,1H3,(H,13,14). The van der Waals surface area contributed by atoms with Crippen molar-refractivity contribution in [1.82, 2.24) is 5.32 Å². The molecule has 0 aromatic heterocycles. The van der Waals surface area contributed by atoms with Gasteiger partial charge in [0.05, 0.1) is 6.54 Å². The molecule has 0 unspecified atom stereocenters. The zero-order valence-electron chi connectivity index (χ0n) is 8.00. The van der Waals surface area contributed by atoms with Crippen LogP contribution in [0.1, 0.15) is 15.9 Å². The van der Waals surface area contributed by atoms with E-state index in [0.29, 0.717) is 12.1 Å². The van der Waals surface area contributed by atoms with Gasteiger partial charge in [-0.3, -0.25) is 4.79 Å². The summed E-state index contributed by atoms with van der Waals surface area (Å²) in [6, 6.07) is 7.07. The zero-order chi connectivity index (χ0) is 10.4. The number of amides is 1. The molecule has 0 radical (unpaired) electrons. The normalized spacial score (nSPS) is 8.71. The predicted molar refractivity (Wildman–Crippen MR) is 55.8 cm³/mol. The molecule has 1 aromatic carbocycles. The number of benzene rings is 1.